The van der Waals surface area contributed by atoms with Crippen molar-refractivity contribution in [3.63, 3.8) is 0 Å². The highest BCUT2D eigenvalue weighted by Gasteiger charge is 2.23. The average molecular weight is 382 g/mol. The number of amides is 1. The lowest BCUT2D eigenvalue weighted by atomic mass is 10.1. The Morgan fingerprint density at radius 1 is 1.38 bits per heavy atom. The molecule has 0 aliphatic carbocycles. The fourth-order valence-electron chi connectivity index (χ4n) is 1.48. The number of sulfonamides is 1. The molecule has 0 heterocycles. The molecular weight excluding hydrogens is 365 g/mol. The lowest BCUT2D eigenvalue weighted by Crippen LogP contribution is -2.45. The maximum atomic E-state index is 13.9. The van der Waals surface area contributed by atoms with Crippen molar-refractivity contribution in [3.8, 4) is 0 Å². The smallest absolute Gasteiger partial charge is 0.244 e. The highest BCUT2D eigenvalue weighted by Crippen LogP contribution is 2.25. The number of hydrogen-bond acceptors (Lipinski definition) is 4. The Morgan fingerprint density at radius 2 is 1.95 bits per heavy atom. The van der Waals surface area contributed by atoms with Gasteiger partial charge in [-0.1, -0.05) is 0 Å². The minimum atomic E-state index is -4.18. The van der Waals surface area contributed by atoms with Crippen LogP contribution >= 0.6 is 15.9 Å². The molecule has 0 radical (unpaired) electrons. The van der Waals surface area contributed by atoms with E-state index in [1.807, 2.05) is 4.72 Å². The second kappa shape index (κ2) is 6.29. The van der Waals surface area contributed by atoms with E-state index in [0.717, 1.165) is 6.07 Å². The van der Waals surface area contributed by atoms with Gasteiger partial charge in [-0.2, -0.15) is 0 Å². The van der Waals surface area contributed by atoms with Crippen LogP contribution in [0.15, 0.2) is 21.5 Å². The van der Waals surface area contributed by atoms with E-state index in [9.17, 15) is 17.6 Å². The van der Waals surface area contributed by atoms with Crippen molar-refractivity contribution in [3.05, 3.63) is 22.4 Å². The van der Waals surface area contributed by atoms with Crippen LogP contribution < -0.4 is 15.8 Å². The molecule has 0 spiro atoms. The van der Waals surface area contributed by atoms with Gasteiger partial charge < -0.3 is 11.1 Å². The summed E-state index contributed by atoms with van der Waals surface area (Å²) in [6.45, 7) is 4.78. The van der Waals surface area contributed by atoms with E-state index in [-0.39, 0.29) is 10.2 Å². The summed E-state index contributed by atoms with van der Waals surface area (Å²) < 4.78 is 39.9. The van der Waals surface area contributed by atoms with Crippen LogP contribution in [-0.2, 0) is 14.8 Å². The molecule has 118 valence electrons. The van der Waals surface area contributed by atoms with Crippen LogP contribution in [0, 0.1) is 5.82 Å². The Hall–Kier alpha value is -1.19. The van der Waals surface area contributed by atoms with E-state index >= 15 is 0 Å². The predicted octanol–water partition coefficient (Wildman–Crippen LogP) is 1.36. The maximum Gasteiger partial charge on any atom is 0.244 e. The zero-order valence-electron chi connectivity index (χ0n) is 11.8. The number of hydrogen-bond donors (Lipinski definition) is 3. The molecule has 9 heteroatoms. The first-order chi connectivity index (χ1) is 9.42. The van der Waals surface area contributed by atoms with Gasteiger partial charge in [0.15, 0.2) is 5.82 Å². The number of nitrogens with one attached hydrogen (secondary N) is 2. The molecule has 0 bridgehead atoms. The number of nitrogen functional groups attached to an aromatic ring is 1. The Bertz CT molecular complexity index is 656. The summed E-state index contributed by atoms with van der Waals surface area (Å²) in [7, 11) is -4.18. The van der Waals surface area contributed by atoms with Crippen molar-refractivity contribution < 1.29 is 17.6 Å². The molecule has 0 saturated carbocycles. The van der Waals surface area contributed by atoms with Crippen molar-refractivity contribution in [2.45, 2.75) is 31.2 Å². The zero-order valence-corrected chi connectivity index (χ0v) is 14.2. The van der Waals surface area contributed by atoms with Crippen LogP contribution in [0.4, 0.5) is 10.1 Å². The Labute approximate surface area is 131 Å². The summed E-state index contributed by atoms with van der Waals surface area (Å²) in [6.07, 6.45) is 0. The molecule has 0 saturated heterocycles. The molecule has 0 fully saturated rings. The third-order valence-corrected chi connectivity index (χ3v) is 4.22. The van der Waals surface area contributed by atoms with Crippen molar-refractivity contribution in [2.24, 2.45) is 0 Å². The van der Waals surface area contributed by atoms with Crippen LogP contribution in [0.25, 0.3) is 0 Å². The van der Waals surface area contributed by atoms with Gasteiger partial charge in [0.1, 0.15) is 4.90 Å². The first-order valence-electron chi connectivity index (χ1n) is 5.97. The highest BCUT2D eigenvalue weighted by molar-refractivity contribution is 9.10. The van der Waals surface area contributed by atoms with Gasteiger partial charge in [0.2, 0.25) is 15.9 Å². The molecule has 0 aliphatic rings. The number of carbonyl (C=O) groups is 1. The molecule has 21 heavy (non-hydrogen) atoms. The summed E-state index contributed by atoms with van der Waals surface area (Å²) in [6, 6.07) is 2.24. The van der Waals surface area contributed by atoms with E-state index in [0.29, 0.717) is 0 Å². The van der Waals surface area contributed by atoms with Crippen molar-refractivity contribution in [1.29, 1.82) is 0 Å². The van der Waals surface area contributed by atoms with E-state index in [2.05, 4.69) is 21.2 Å². The number of halogens is 2. The number of rotatable bonds is 4. The van der Waals surface area contributed by atoms with Crippen LogP contribution in [0.2, 0.25) is 0 Å². The predicted molar refractivity (Wildman–Crippen MR) is 81.6 cm³/mol. The molecule has 4 N–H and O–H groups in total. The van der Waals surface area contributed by atoms with Gasteiger partial charge in [0, 0.05) is 11.2 Å². The monoisotopic (exact) mass is 381 g/mol. The third kappa shape index (κ3) is 5.25. The Morgan fingerprint density at radius 3 is 2.48 bits per heavy atom. The summed E-state index contributed by atoms with van der Waals surface area (Å²) in [4.78, 5) is 11.0. The van der Waals surface area contributed by atoms with Gasteiger partial charge in [0.05, 0.1) is 11.0 Å². The van der Waals surface area contributed by atoms with E-state index in [4.69, 9.17) is 5.73 Å². The minimum absolute atomic E-state index is 0.0676. The van der Waals surface area contributed by atoms with E-state index in [1.165, 1.54) is 6.07 Å². The quantitative estimate of drug-likeness (QED) is 0.685. The number of anilines is 1. The summed E-state index contributed by atoms with van der Waals surface area (Å²) in [5.74, 6) is -1.48. The highest BCUT2D eigenvalue weighted by atomic mass is 79.9. The number of benzene rings is 1. The Kier molecular flexibility index (Phi) is 5.35. The molecule has 0 aliphatic heterocycles. The lowest BCUT2D eigenvalue weighted by molar-refractivity contribution is -0.121. The Balaban J connectivity index is 2.91. The normalized spacial score (nSPS) is 12.2. The fourth-order valence-corrected chi connectivity index (χ4v) is 3.20. The van der Waals surface area contributed by atoms with Gasteiger partial charge in [-0.25, -0.2) is 17.5 Å². The van der Waals surface area contributed by atoms with Crippen molar-refractivity contribution >= 4 is 37.5 Å². The molecule has 0 atom stereocenters. The van der Waals surface area contributed by atoms with Crippen LogP contribution in [0.5, 0.6) is 0 Å². The van der Waals surface area contributed by atoms with Gasteiger partial charge in [-0.3, -0.25) is 4.79 Å². The molecule has 1 amide bonds. The standard InChI is InChI=1S/C12H17BrFN3O3S/c1-12(2,3)17-10(18)6-16-21(19,20)9-5-7(15)4-8(13)11(9)14/h4-5,16H,6,15H2,1-3H3,(H,17,18). The third-order valence-electron chi connectivity index (χ3n) is 2.24. The first-order valence-corrected chi connectivity index (χ1v) is 8.25. The van der Waals surface area contributed by atoms with Crippen LogP contribution in [0.3, 0.4) is 0 Å². The number of carbonyl (C=O) groups excluding carboxylic acids is 1. The summed E-state index contributed by atoms with van der Waals surface area (Å²) >= 11 is 2.88. The summed E-state index contributed by atoms with van der Waals surface area (Å²) in [5.41, 5.74) is 5.09. The van der Waals surface area contributed by atoms with Crippen molar-refractivity contribution in [2.75, 3.05) is 12.3 Å². The first kappa shape index (κ1) is 17.9. The van der Waals surface area contributed by atoms with Gasteiger partial charge in [-0.05, 0) is 48.8 Å². The maximum absolute atomic E-state index is 13.9. The molecule has 1 rings (SSSR count). The van der Waals surface area contributed by atoms with Gasteiger partial charge in [0.25, 0.3) is 0 Å². The average Bonchev–Trinajstić information content (AvgIpc) is 2.29. The molecule has 6 nitrogen and oxygen atoms in total. The second-order valence-corrected chi connectivity index (χ2v) is 8.03. The van der Waals surface area contributed by atoms with Gasteiger partial charge in [-0.15, -0.1) is 0 Å². The van der Waals surface area contributed by atoms with Crippen molar-refractivity contribution in [1.82, 2.24) is 10.0 Å². The number of nitrogens with two attached hydrogens (primary N) is 1. The van der Waals surface area contributed by atoms with Crippen LogP contribution in [0.1, 0.15) is 20.8 Å². The van der Waals surface area contributed by atoms with E-state index < -0.39 is 38.7 Å². The zero-order chi connectivity index (χ0) is 16.4. The van der Waals surface area contributed by atoms with Gasteiger partial charge >= 0.3 is 0 Å². The second-order valence-electron chi connectivity index (χ2n) is 5.44. The molecule has 1 aromatic carbocycles. The SMILES string of the molecule is CC(C)(C)NC(=O)CNS(=O)(=O)c1cc(N)cc(Br)c1F. The summed E-state index contributed by atoms with van der Waals surface area (Å²) in [5, 5.41) is 2.59. The van der Waals surface area contributed by atoms with Crippen LogP contribution in [-0.4, -0.2) is 26.4 Å². The topological polar surface area (TPSA) is 101 Å². The minimum Gasteiger partial charge on any atom is -0.399 e. The molecule has 0 unspecified atom stereocenters. The molecule has 0 aromatic heterocycles. The largest absolute Gasteiger partial charge is 0.399 e. The molecule has 1 aromatic rings. The lowest BCUT2D eigenvalue weighted by Gasteiger charge is -2.20. The molecular formula is C12H17BrFN3O3S. The van der Waals surface area contributed by atoms with E-state index in [1.54, 1.807) is 20.8 Å². The fraction of sp³-hybridized carbons (Fsp3) is 0.417.